The molecular formula is C11H18N2O2. The van der Waals surface area contributed by atoms with Crippen molar-refractivity contribution in [1.82, 2.24) is 9.78 Å². The Bertz CT molecular complexity index is 314. The molecule has 1 aromatic rings. The largest absolute Gasteiger partial charge is 0.383 e. The minimum atomic E-state index is -0.747. The first-order valence-corrected chi connectivity index (χ1v) is 5.59. The molecule has 0 bridgehead atoms. The van der Waals surface area contributed by atoms with Crippen molar-refractivity contribution >= 4 is 0 Å². The zero-order valence-electron chi connectivity index (χ0n) is 9.15. The Hall–Kier alpha value is -0.870. The van der Waals surface area contributed by atoms with Crippen LogP contribution in [-0.4, -0.2) is 28.1 Å². The zero-order chi connectivity index (χ0) is 10.7. The molecule has 1 aliphatic rings. The molecule has 0 aliphatic carbocycles. The normalized spacial score (nSPS) is 27.6. The molecule has 1 aromatic heterocycles. The van der Waals surface area contributed by atoms with Gasteiger partial charge in [-0.2, -0.15) is 5.10 Å². The number of rotatable bonds is 2. The number of hydrogen-bond donors (Lipinski definition) is 1. The van der Waals surface area contributed by atoms with Gasteiger partial charge in [-0.1, -0.05) is 0 Å². The topological polar surface area (TPSA) is 47.3 Å². The number of ether oxygens (including phenoxy) is 1. The van der Waals surface area contributed by atoms with Crippen LogP contribution in [0.4, 0.5) is 0 Å². The van der Waals surface area contributed by atoms with Crippen molar-refractivity contribution in [2.24, 2.45) is 0 Å². The minimum Gasteiger partial charge on any atom is -0.383 e. The fourth-order valence-electron chi connectivity index (χ4n) is 2.17. The van der Waals surface area contributed by atoms with Gasteiger partial charge in [0.15, 0.2) is 0 Å². The van der Waals surface area contributed by atoms with Crippen molar-refractivity contribution in [2.45, 2.75) is 38.3 Å². The Kier molecular flexibility index (Phi) is 3.07. The van der Waals surface area contributed by atoms with E-state index in [1.54, 1.807) is 6.20 Å². The molecule has 1 N–H and O–H groups in total. The average Bonchev–Trinajstić information content (AvgIpc) is 2.62. The number of hydrogen-bond acceptors (Lipinski definition) is 3. The van der Waals surface area contributed by atoms with E-state index in [1.165, 1.54) is 0 Å². The molecule has 0 aromatic carbocycles. The summed E-state index contributed by atoms with van der Waals surface area (Å²) < 4.78 is 7.24. The Balaban J connectivity index is 2.26. The molecule has 1 fully saturated rings. The molecule has 1 unspecified atom stereocenters. The lowest BCUT2D eigenvalue weighted by Gasteiger charge is -2.26. The summed E-state index contributed by atoms with van der Waals surface area (Å²) >= 11 is 0. The van der Waals surface area contributed by atoms with Crippen molar-refractivity contribution in [3.05, 3.63) is 18.0 Å². The van der Waals surface area contributed by atoms with Crippen LogP contribution in [0, 0.1) is 0 Å². The third-order valence-electron chi connectivity index (χ3n) is 3.03. The first-order valence-electron chi connectivity index (χ1n) is 5.59. The smallest absolute Gasteiger partial charge is 0.108 e. The van der Waals surface area contributed by atoms with Gasteiger partial charge in [0.1, 0.15) is 5.60 Å². The second kappa shape index (κ2) is 4.33. The van der Waals surface area contributed by atoms with E-state index in [9.17, 15) is 5.11 Å². The standard InChI is InChI=1S/C11H18N2O2/c1-2-13-10(4-7-12-13)11(14)5-3-8-15-9-6-11/h4,7,14H,2-3,5-6,8-9H2,1H3. The number of aromatic nitrogens is 2. The predicted octanol–water partition coefficient (Wildman–Crippen LogP) is 1.29. The molecule has 0 radical (unpaired) electrons. The molecule has 1 aliphatic heterocycles. The Morgan fingerprint density at radius 2 is 2.40 bits per heavy atom. The summed E-state index contributed by atoms with van der Waals surface area (Å²) in [5.41, 5.74) is 0.179. The van der Waals surface area contributed by atoms with E-state index in [0.717, 1.165) is 31.7 Å². The molecule has 4 nitrogen and oxygen atoms in total. The lowest BCUT2D eigenvalue weighted by atomic mass is 9.91. The molecule has 2 heterocycles. The highest BCUT2D eigenvalue weighted by Crippen LogP contribution is 2.31. The summed E-state index contributed by atoms with van der Waals surface area (Å²) in [6, 6.07) is 1.91. The van der Waals surface area contributed by atoms with Crippen LogP contribution in [0.2, 0.25) is 0 Å². The maximum absolute atomic E-state index is 10.6. The SMILES string of the molecule is CCn1nccc1C1(O)CCCOCC1. The molecule has 0 saturated carbocycles. The summed E-state index contributed by atoms with van der Waals surface area (Å²) in [6.07, 6.45) is 4.09. The fourth-order valence-corrected chi connectivity index (χ4v) is 2.17. The van der Waals surface area contributed by atoms with Gasteiger partial charge in [-0.15, -0.1) is 0 Å². The van der Waals surface area contributed by atoms with Gasteiger partial charge in [0.05, 0.1) is 5.69 Å². The summed E-state index contributed by atoms with van der Waals surface area (Å²) in [6.45, 7) is 4.21. The third-order valence-corrected chi connectivity index (χ3v) is 3.03. The average molecular weight is 210 g/mol. The Morgan fingerprint density at radius 3 is 3.20 bits per heavy atom. The first kappa shape index (κ1) is 10.6. The lowest BCUT2D eigenvalue weighted by Crippen LogP contribution is -2.29. The van der Waals surface area contributed by atoms with Crippen molar-refractivity contribution in [3.63, 3.8) is 0 Å². The summed E-state index contributed by atoms with van der Waals surface area (Å²) in [7, 11) is 0. The maximum Gasteiger partial charge on any atom is 0.108 e. The molecule has 0 amide bonds. The van der Waals surface area contributed by atoms with Gasteiger partial charge in [0.2, 0.25) is 0 Å². The Labute approximate surface area is 89.9 Å². The highest BCUT2D eigenvalue weighted by atomic mass is 16.5. The first-order chi connectivity index (χ1) is 7.26. The fraction of sp³-hybridized carbons (Fsp3) is 0.727. The summed E-state index contributed by atoms with van der Waals surface area (Å²) in [5, 5.41) is 14.8. The molecular weight excluding hydrogens is 192 g/mol. The predicted molar refractivity (Wildman–Crippen MR) is 56.5 cm³/mol. The van der Waals surface area contributed by atoms with E-state index < -0.39 is 5.60 Å². The van der Waals surface area contributed by atoms with Crippen LogP contribution in [0.15, 0.2) is 12.3 Å². The van der Waals surface area contributed by atoms with Crippen molar-refractivity contribution < 1.29 is 9.84 Å². The van der Waals surface area contributed by atoms with Gasteiger partial charge in [-0.05, 0) is 25.8 Å². The van der Waals surface area contributed by atoms with Gasteiger partial charge in [-0.25, -0.2) is 0 Å². The molecule has 1 saturated heterocycles. The summed E-state index contributed by atoms with van der Waals surface area (Å²) in [5.74, 6) is 0. The van der Waals surface area contributed by atoms with Crippen molar-refractivity contribution in [2.75, 3.05) is 13.2 Å². The quantitative estimate of drug-likeness (QED) is 0.800. The molecule has 84 valence electrons. The van der Waals surface area contributed by atoms with Crippen molar-refractivity contribution in [3.8, 4) is 0 Å². The monoisotopic (exact) mass is 210 g/mol. The van der Waals surface area contributed by atoms with E-state index >= 15 is 0 Å². The van der Waals surface area contributed by atoms with Gasteiger partial charge in [-0.3, -0.25) is 4.68 Å². The van der Waals surface area contributed by atoms with E-state index in [4.69, 9.17) is 4.74 Å². The van der Waals surface area contributed by atoms with Gasteiger partial charge < -0.3 is 9.84 Å². The van der Waals surface area contributed by atoms with E-state index in [-0.39, 0.29) is 0 Å². The van der Waals surface area contributed by atoms with Gasteiger partial charge >= 0.3 is 0 Å². The van der Waals surface area contributed by atoms with E-state index in [1.807, 2.05) is 17.7 Å². The van der Waals surface area contributed by atoms with Crippen LogP contribution in [0.25, 0.3) is 0 Å². The van der Waals surface area contributed by atoms with Crippen LogP contribution >= 0.6 is 0 Å². The molecule has 15 heavy (non-hydrogen) atoms. The second-order valence-electron chi connectivity index (χ2n) is 4.03. The lowest BCUT2D eigenvalue weighted by molar-refractivity contribution is 0.00633. The van der Waals surface area contributed by atoms with Crippen LogP contribution in [-0.2, 0) is 16.9 Å². The molecule has 2 rings (SSSR count). The summed E-state index contributed by atoms with van der Waals surface area (Å²) in [4.78, 5) is 0. The van der Waals surface area contributed by atoms with Crippen LogP contribution in [0.1, 0.15) is 31.9 Å². The van der Waals surface area contributed by atoms with E-state index in [2.05, 4.69) is 5.10 Å². The van der Waals surface area contributed by atoms with Crippen LogP contribution < -0.4 is 0 Å². The number of aryl methyl sites for hydroxylation is 1. The molecule has 1 atom stereocenters. The molecule has 0 spiro atoms. The Morgan fingerprint density at radius 1 is 1.53 bits per heavy atom. The maximum atomic E-state index is 10.6. The third kappa shape index (κ3) is 2.06. The second-order valence-corrected chi connectivity index (χ2v) is 4.03. The highest BCUT2D eigenvalue weighted by molar-refractivity contribution is 5.12. The highest BCUT2D eigenvalue weighted by Gasteiger charge is 2.33. The van der Waals surface area contributed by atoms with Crippen LogP contribution in [0.3, 0.4) is 0 Å². The van der Waals surface area contributed by atoms with E-state index in [0.29, 0.717) is 13.0 Å². The minimum absolute atomic E-state index is 0.630. The zero-order valence-corrected chi connectivity index (χ0v) is 9.15. The number of nitrogens with zero attached hydrogens (tertiary/aromatic N) is 2. The van der Waals surface area contributed by atoms with Crippen LogP contribution in [0.5, 0.6) is 0 Å². The molecule has 4 heteroatoms. The number of aliphatic hydroxyl groups is 1. The van der Waals surface area contributed by atoms with Crippen molar-refractivity contribution in [1.29, 1.82) is 0 Å². The van der Waals surface area contributed by atoms with Gasteiger partial charge in [0.25, 0.3) is 0 Å². The van der Waals surface area contributed by atoms with Gasteiger partial charge in [0, 0.05) is 32.4 Å².